The molecule has 0 aromatic carbocycles. The molecule has 0 aliphatic carbocycles. The summed E-state index contributed by atoms with van der Waals surface area (Å²) in [5.41, 5.74) is 8.48. The Bertz CT molecular complexity index is 511. The third-order valence-corrected chi connectivity index (χ3v) is 2.56. The highest BCUT2D eigenvalue weighted by molar-refractivity contribution is 5.60. The Kier molecular flexibility index (Phi) is 2.51. The minimum Gasteiger partial charge on any atom is -0.337 e. The van der Waals surface area contributed by atoms with Crippen molar-refractivity contribution in [2.45, 2.75) is 26.8 Å². The molecule has 0 saturated heterocycles. The summed E-state index contributed by atoms with van der Waals surface area (Å²) in [6.45, 7) is 5.70. The molecular weight excluding hydrogens is 206 g/mol. The fourth-order valence-electron chi connectivity index (χ4n) is 1.62. The van der Waals surface area contributed by atoms with Crippen molar-refractivity contribution in [3.8, 4) is 11.4 Å². The molecule has 6 nitrogen and oxygen atoms in total. The van der Waals surface area contributed by atoms with Crippen molar-refractivity contribution < 1.29 is 4.52 Å². The summed E-state index contributed by atoms with van der Waals surface area (Å²) in [7, 11) is 1.89. The SMILES string of the molecule is Cc1nn(C)c(C)c1-c1noc([C@H](C)N)n1. The van der Waals surface area contributed by atoms with Crippen LogP contribution >= 0.6 is 0 Å². The van der Waals surface area contributed by atoms with E-state index in [4.69, 9.17) is 10.3 Å². The van der Waals surface area contributed by atoms with E-state index in [1.165, 1.54) is 0 Å². The van der Waals surface area contributed by atoms with Crippen LogP contribution in [0.1, 0.15) is 30.2 Å². The predicted molar refractivity (Wildman–Crippen MR) is 58.6 cm³/mol. The van der Waals surface area contributed by atoms with Crippen LogP contribution in [0.2, 0.25) is 0 Å². The molecule has 0 radical (unpaired) electrons. The van der Waals surface area contributed by atoms with Crippen molar-refractivity contribution in [2.75, 3.05) is 0 Å². The maximum Gasteiger partial charge on any atom is 0.243 e. The smallest absolute Gasteiger partial charge is 0.243 e. The summed E-state index contributed by atoms with van der Waals surface area (Å²) in [5, 5.41) is 8.23. The molecule has 2 heterocycles. The lowest BCUT2D eigenvalue weighted by molar-refractivity contribution is 0.362. The van der Waals surface area contributed by atoms with Gasteiger partial charge in [0.15, 0.2) is 0 Å². The van der Waals surface area contributed by atoms with E-state index in [-0.39, 0.29) is 6.04 Å². The molecule has 2 rings (SSSR count). The van der Waals surface area contributed by atoms with Crippen LogP contribution in [0, 0.1) is 13.8 Å². The van der Waals surface area contributed by atoms with Crippen LogP contribution < -0.4 is 5.73 Å². The molecule has 6 heteroatoms. The van der Waals surface area contributed by atoms with E-state index in [1.807, 2.05) is 20.9 Å². The number of rotatable bonds is 2. The summed E-state index contributed by atoms with van der Waals surface area (Å²) in [4.78, 5) is 4.26. The van der Waals surface area contributed by atoms with Gasteiger partial charge in [-0.3, -0.25) is 4.68 Å². The van der Waals surface area contributed by atoms with E-state index in [0.29, 0.717) is 11.7 Å². The number of aromatic nitrogens is 4. The van der Waals surface area contributed by atoms with Gasteiger partial charge in [0.1, 0.15) is 0 Å². The standard InChI is InChI=1S/C10H15N5O/c1-5(11)10-12-9(14-16-10)8-6(2)13-15(4)7(8)3/h5H,11H2,1-4H3/t5-/m0/s1. The second kappa shape index (κ2) is 3.71. The molecule has 0 fully saturated rings. The molecule has 0 saturated carbocycles. The maximum absolute atomic E-state index is 5.67. The largest absolute Gasteiger partial charge is 0.337 e. The molecule has 2 aromatic rings. The van der Waals surface area contributed by atoms with Crippen molar-refractivity contribution in [3.63, 3.8) is 0 Å². The predicted octanol–water partition coefficient (Wildman–Crippen LogP) is 1.11. The fourth-order valence-corrected chi connectivity index (χ4v) is 1.62. The summed E-state index contributed by atoms with van der Waals surface area (Å²) in [6, 6.07) is -0.251. The first-order valence-electron chi connectivity index (χ1n) is 5.10. The lowest BCUT2D eigenvalue weighted by Crippen LogP contribution is -2.04. The second-order valence-electron chi connectivity index (χ2n) is 3.91. The summed E-state index contributed by atoms with van der Waals surface area (Å²) in [5.74, 6) is 0.994. The van der Waals surface area contributed by atoms with Gasteiger partial charge in [0.05, 0.1) is 17.3 Å². The Hall–Kier alpha value is -1.69. The molecule has 16 heavy (non-hydrogen) atoms. The Morgan fingerprint density at radius 1 is 1.38 bits per heavy atom. The van der Waals surface area contributed by atoms with E-state index in [1.54, 1.807) is 11.6 Å². The van der Waals surface area contributed by atoms with Crippen LogP contribution in [-0.4, -0.2) is 19.9 Å². The molecule has 2 N–H and O–H groups in total. The van der Waals surface area contributed by atoms with Crippen LogP contribution in [0.4, 0.5) is 0 Å². The Balaban J connectivity index is 2.50. The lowest BCUT2D eigenvalue weighted by Gasteiger charge is -1.95. The molecule has 1 atom stereocenters. The van der Waals surface area contributed by atoms with Crippen molar-refractivity contribution in [1.82, 2.24) is 19.9 Å². The van der Waals surface area contributed by atoms with Gasteiger partial charge < -0.3 is 10.3 Å². The third kappa shape index (κ3) is 1.61. The molecule has 0 spiro atoms. The number of nitrogens with two attached hydrogens (primary N) is 1. The molecule has 2 aromatic heterocycles. The van der Waals surface area contributed by atoms with Crippen molar-refractivity contribution in [3.05, 3.63) is 17.3 Å². The van der Waals surface area contributed by atoms with Gasteiger partial charge in [0.25, 0.3) is 0 Å². The average molecular weight is 221 g/mol. The van der Waals surface area contributed by atoms with Crippen LogP contribution in [-0.2, 0) is 7.05 Å². The first-order valence-corrected chi connectivity index (χ1v) is 5.10. The van der Waals surface area contributed by atoms with Gasteiger partial charge in [-0.15, -0.1) is 0 Å². The topological polar surface area (TPSA) is 82.8 Å². The molecule has 0 bridgehead atoms. The minimum atomic E-state index is -0.251. The van der Waals surface area contributed by atoms with Crippen LogP contribution in [0.15, 0.2) is 4.52 Å². The van der Waals surface area contributed by atoms with Crippen molar-refractivity contribution in [2.24, 2.45) is 12.8 Å². The molecule has 0 amide bonds. The van der Waals surface area contributed by atoms with E-state index >= 15 is 0 Å². The van der Waals surface area contributed by atoms with Crippen LogP contribution in [0.5, 0.6) is 0 Å². The van der Waals surface area contributed by atoms with Crippen LogP contribution in [0.25, 0.3) is 11.4 Å². The van der Waals surface area contributed by atoms with Gasteiger partial charge >= 0.3 is 0 Å². The van der Waals surface area contributed by atoms with Crippen molar-refractivity contribution in [1.29, 1.82) is 0 Å². The van der Waals surface area contributed by atoms with Crippen LogP contribution in [0.3, 0.4) is 0 Å². The van der Waals surface area contributed by atoms with E-state index in [0.717, 1.165) is 17.0 Å². The highest BCUT2D eigenvalue weighted by Gasteiger charge is 2.18. The first-order chi connectivity index (χ1) is 7.50. The molecule has 0 unspecified atom stereocenters. The lowest BCUT2D eigenvalue weighted by atomic mass is 10.2. The van der Waals surface area contributed by atoms with Gasteiger partial charge in [-0.25, -0.2) is 0 Å². The quantitative estimate of drug-likeness (QED) is 0.821. The zero-order valence-electron chi connectivity index (χ0n) is 9.85. The Labute approximate surface area is 93.4 Å². The van der Waals surface area contributed by atoms with Gasteiger partial charge in [0, 0.05) is 12.7 Å². The first kappa shape index (κ1) is 10.8. The highest BCUT2D eigenvalue weighted by Crippen LogP contribution is 2.24. The number of hydrogen-bond donors (Lipinski definition) is 1. The monoisotopic (exact) mass is 221 g/mol. The summed E-state index contributed by atoms with van der Waals surface area (Å²) < 4.78 is 6.87. The van der Waals surface area contributed by atoms with Gasteiger partial charge in [0.2, 0.25) is 11.7 Å². The second-order valence-corrected chi connectivity index (χ2v) is 3.91. The third-order valence-electron chi connectivity index (χ3n) is 2.56. The van der Waals surface area contributed by atoms with E-state index in [9.17, 15) is 0 Å². The number of nitrogens with zero attached hydrogens (tertiary/aromatic N) is 4. The van der Waals surface area contributed by atoms with Gasteiger partial charge in [-0.1, -0.05) is 5.16 Å². The normalized spacial score (nSPS) is 13.1. The van der Waals surface area contributed by atoms with E-state index < -0.39 is 0 Å². The minimum absolute atomic E-state index is 0.251. The number of aryl methyl sites for hydroxylation is 2. The molecular formula is C10H15N5O. The Morgan fingerprint density at radius 3 is 2.50 bits per heavy atom. The summed E-state index contributed by atoms with van der Waals surface area (Å²) in [6.07, 6.45) is 0. The van der Waals surface area contributed by atoms with Gasteiger partial charge in [-0.2, -0.15) is 10.1 Å². The average Bonchev–Trinajstić information content (AvgIpc) is 2.74. The Morgan fingerprint density at radius 2 is 2.06 bits per heavy atom. The molecule has 0 aliphatic rings. The van der Waals surface area contributed by atoms with E-state index in [2.05, 4.69) is 15.2 Å². The van der Waals surface area contributed by atoms with Gasteiger partial charge in [-0.05, 0) is 20.8 Å². The fraction of sp³-hybridized carbons (Fsp3) is 0.500. The van der Waals surface area contributed by atoms with Crippen molar-refractivity contribution >= 4 is 0 Å². The molecule has 0 aliphatic heterocycles. The maximum atomic E-state index is 5.67. The number of hydrogen-bond acceptors (Lipinski definition) is 5. The summed E-state index contributed by atoms with van der Waals surface area (Å²) >= 11 is 0. The molecule has 86 valence electrons. The zero-order chi connectivity index (χ0) is 11.9. The highest BCUT2D eigenvalue weighted by atomic mass is 16.5. The zero-order valence-corrected chi connectivity index (χ0v) is 9.85.